The van der Waals surface area contributed by atoms with Crippen LogP contribution in [-0.4, -0.2) is 28.6 Å². The molecule has 0 fully saturated rings. The Kier molecular flexibility index (Phi) is 5.16. The van der Waals surface area contributed by atoms with Crippen LogP contribution < -0.4 is 5.01 Å². The van der Waals surface area contributed by atoms with Crippen LogP contribution in [-0.2, 0) is 0 Å². The van der Waals surface area contributed by atoms with Gasteiger partial charge in [-0.15, -0.1) is 0 Å². The summed E-state index contributed by atoms with van der Waals surface area (Å²) >= 11 is 6.18. The highest BCUT2D eigenvalue weighted by atomic mass is 35.5. The quantitative estimate of drug-likeness (QED) is 0.260. The van der Waals surface area contributed by atoms with Crippen LogP contribution in [0.15, 0.2) is 114 Å². The van der Waals surface area contributed by atoms with E-state index in [9.17, 15) is 14.4 Å². The van der Waals surface area contributed by atoms with E-state index in [4.69, 9.17) is 16.7 Å². The van der Waals surface area contributed by atoms with Gasteiger partial charge in [0.15, 0.2) is 11.6 Å². The van der Waals surface area contributed by atoms with E-state index >= 15 is 0 Å². The fraction of sp³-hybridized carbons (Fsp3) is 0.0667. The first-order valence-corrected chi connectivity index (χ1v) is 11.9. The van der Waals surface area contributed by atoms with Gasteiger partial charge in [0.05, 0.1) is 11.6 Å². The SMILES string of the molecule is O=C(C1=NN(c2ccccc2)C2(C(=O)c3ccccc3C2=O)C1c1ccc(Cl)cc1)c1ccccc1. The molecule has 2 aliphatic rings. The van der Waals surface area contributed by atoms with Gasteiger partial charge in [0.25, 0.3) is 0 Å². The Morgan fingerprint density at radius 1 is 0.722 bits per heavy atom. The molecular weight excluding hydrogens is 472 g/mol. The number of hydrogen-bond acceptors (Lipinski definition) is 5. The van der Waals surface area contributed by atoms with Gasteiger partial charge < -0.3 is 0 Å². The van der Waals surface area contributed by atoms with Gasteiger partial charge in [0.2, 0.25) is 11.3 Å². The van der Waals surface area contributed by atoms with Crippen LogP contribution in [0.25, 0.3) is 0 Å². The molecule has 0 bridgehead atoms. The molecule has 1 unspecified atom stereocenters. The third kappa shape index (κ3) is 3.10. The maximum atomic E-state index is 14.3. The van der Waals surface area contributed by atoms with Gasteiger partial charge in [-0.05, 0) is 29.8 Å². The van der Waals surface area contributed by atoms with Crippen molar-refractivity contribution in [2.45, 2.75) is 11.5 Å². The highest BCUT2D eigenvalue weighted by Crippen LogP contribution is 2.51. The highest BCUT2D eigenvalue weighted by molar-refractivity contribution is 6.52. The molecule has 0 saturated heterocycles. The summed E-state index contributed by atoms with van der Waals surface area (Å²) < 4.78 is 0. The fourth-order valence-electron chi connectivity index (χ4n) is 5.21. The second-order valence-electron chi connectivity index (χ2n) is 8.78. The van der Waals surface area contributed by atoms with Gasteiger partial charge >= 0.3 is 0 Å². The summed E-state index contributed by atoms with van der Waals surface area (Å²) in [6, 6.07) is 31.5. The number of hydrogen-bond donors (Lipinski definition) is 0. The van der Waals surface area contributed by atoms with Crippen LogP contribution in [0, 0.1) is 0 Å². The second kappa shape index (κ2) is 8.40. The summed E-state index contributed by atoms with van der Waals surface area (Å²) in [5, 5.41) is 6.72. The van der Waals surface area contributed by atoms with Crippen molar-refractivity contribution in [1.29, 1.82) is 0 Å². The molecule has 1 atom stereocenters. The second-order valence-corrected chi connectivity index (χ2v) is 9.22. The molecular formula is C30H19ClN2O3. The van der Waals surface area contributed by atoms with Gasteiger partial charge in [-0.25, -0.2) is 5.01 Å². The monoisotopic (exact) mass is 490 g/mol. The van der Waals surface area contributed by atoms with Gasteiger partial charge in [0, 0.05) is 21.7 Å². The molecule has 0 amide bonds. The van der Waals surface area contributed by atoms with E-state index in [-0.39, 0.29) is 23.1 Å². The lowest BCUT2D eigenvalue weighted by molar-refractivity contribution is 0.0791. The van der Waals surface area contributed by atoms with Crippen LogP contribution in [0.3, 0.4) is 0 Å². The van der Waals surface area contributed by atoms with Crippen molar-refractivity contribution in [1.82, 2.24) is 0 Å². The molecule has 1 heterocycles. The van der Waals surface area contributed by atoms with E-state index in [1.807, 2.05) is 24.3 Å². The molecule has 6 heteroatoms. The van der Waals surface area contributed by atoms with Crippen molar-refractivity contribution >= 4 is 40.3 Å². The molecule has 6 rings (SSSR count). The molecule has 174 valence electrons. The zero-order valence-electron chi connectivity index (χ0n) is 19.0. The summed E-state index contributed by atoms with van der Waals surface area (Å²) in [5.41, 5.74) is 0.574. The number of fused-ring (bicyclic) bond motifs is 1. The van der Waals surface area contributed by atoms with E-state index in [2.05, 4.69) is 0 Å². The van der Waals surface area contributed by atoms with E-state index in [0.717, 1.165) is 0 Å². The Labute approximate surface area is 212 Å². The van der Waals surface area contributed by atoms with Crippen molar-refractivity contribution < 1.29 is 14.4 Å². The standard InChI is InChI=1S/C30H19ClN2O3/c31-21-17-15-19(16-18-21)25-26(27(34)20-9-3-1-4-10-20)32-33(22-11-5-2-6-12-22)30(25)28(35)23-13-7-8-14-24(23)29(30)36/h1-18,25H. The Hall–Kier alpha value is -4.35. The first-order valence-electron chi connectivity index (χ1n) is 11.5. The van der Waals surface area contributed by atoms with Crippen molar-refractivity contribution in [2.75, 3.05) is 5.01 Å². The Morgan fingerprint density at radius 2 is 1.25 bits per heavy atom. The third-order valence-corrected chi connectivity index (χ3v) is 7.07. The molecule has 1 aliphatic carbocycles. The van der Waals surface area contributed by atoms with Crippen LogP contribution >= 0.6 is 11.6 Å². The van der Waals surface area contributed by atoms with Gasteiger partial charge in [-0.3, -0.25) is 14.4 Å². The number of rotatable bonds is 4. The average molecular weight is 491 g/mol. The largest absolute Gasteiger partial charge is 0.291 e. The average Bonchev–Trinajstić information content (AvgIpc) is 3.40. The molecule has 5 nitrogen and oxygen atoms in total. The summed E-state index contributed by atoms with van der Waals surface area (Å²) in [6.45, 7) is 0. The Bertz CT molecular complexity index is 1510. The number of carbonyl (C=O) groups excluding carboxylic acids is 3. The molecule has 1 spiro atoms. The third-order valence-electron chi connectivity index (χ3n) is 6.81. The van der Waals surface area contributed by atoms with Crippen molar-refractivity contribution in [3.05, 3.63) is 136 Å². The molecule has 36 heavy (non-hydrogen) atoms. The minimum atomic E-state index is -1.78. The zero-order chi connectivity index (χ0) is 24.9. The Morgan fingerprint density at radius 3 is 1.83 bits per heavy atom. The highest BCUT2D eigenvalue weighted by Gasteiger charge is 2.67. The van der Waals surface area contributed by atoms with Gasteiger partial charge in [-0.1, -0.05) is 96.5 Å². The fourth-order valence-corrected chi connectivity index (χ4v) is 5.34. The van der Waals surface area contributed by atoms with Crippen LogP contribution in [0.5, 0.6) is 0 Å². The van der Waals surface area contributed by atoms with E-state index in [1.54, 1.807) is 84.9 Å². The number of halogens is 1. The summed E-state index contributed by atoms with van der Waals surface area (Å²) in [7, 11) is 0. The minimum Gasteiger partial charge on any atom is -0.291 e. The molecule has 0 saturated carbocycles. The smallest absolute Gasteiger partial charge is 0.209 e. The molecule has 4 aromatic rings. The topological polar surface area (TPSA) is 66.8 Å². The number of hydrazone groups is 1. The number of para-hydroxylation sites is 1. The number of carbonyl (C=O) groups is 3. The number of ketones is 3. The number of Topliss-reactive ketones (excluding diaryl/α,β-unsaturated/α-hetero) is 3. The normalized spacial score (nSPS) is 17.9. The lowest BCUT2D eigenvalue weighted by Crippen LogP contribution is -2.57. The predicted molar refractivity (Wildman–Crippen MR) is 139 cm³/mol. The lowest BCUT2D eigenvalue weighted by atomic mass is 9.72. The summed E-state index contributed by atoms with van der Waals surface area (Å²) in [6.07, 6.45) is 0. The van der Waals surface area contributed by atoms with E-state index < -0.39 is 11.5 Å². The van der Waals surface area contributed by atoms with Crippen molar-refractivity contribution in [2.24, 2.45) is 5.10 Å². The maximum absolute atomic E-state index is 14.3. The number of nitrogens with zero attached hydrogens (tertiary/aromatic N) is 2. The maximum Gasteiger partial charge on any atom is 0.209 e. The first kappa shape index (κ1) is 22.1. The van der Waals surface area contributed by atoms with Crippen molar-refractivity contribution in [3.8, 4) is 0 Å². The molecule has 4 aromatic carbocycles. The predicted octanol–water partition coefficient (Wildman–Crippen LogP) is 6.00. The molecule has 0 N–H and O–H groups in total. The number of benzene rings is 4. The van der Waals surface area contributed by atoms with Crippen molar-refractivity contribution in [3.63, 3.8) is 0 Å². The zero-order valence-corrected chi connectivity index (χ0v) is 19.7. The molecule has 0 aromatic heterocycles. The lowest BCUT2D eigenvalue weighted by Gasteiger charge is -2.36. The van der Waals surface area contributed by atoms with Gasteiger partial charge in [0.1, 0.15) is 5.71 Å². The van der Waals surface area contributed by atoms with Crippen LogP contribution in [0.1, 0.15) is 42.6 Å². The van der Waals surface area contributed by atoms with E-state index in [1.165, 1.54) is 5.01 Å². The number of anilines is 1. The van der Waals surface area contributed by atoms with Crippen LogP contribution in [0.4, 0.5) is 5.69 Å². The summed E-state index contributed by atoms with van der Waals surface area (Å²) in [5.74, 6) is -2.06. The minimum absolute atomic E-state index is 0.127. The molecule has 0 radical (unpaired) electrons. The molecule has 1 aliphatic heterocycles. The Balaban J connectivity index is 1.65. The van der Waals surface area contributed by atoms with Crippen LogP contribution in [0.2, 0.25) is 5.02 Å². The summed E-state index contributed by atoms with van der Waals surface area (Å²) in [4.78, 5) is 42.5. The van der Waals surface area contributed by atoms with Gasteiger partial charge in [-0.2, -0.15) is 5.10 Å². The first-order chi connectivity index (χ1) is 17.5. The van der Waals surface area contributed by atoms with E-state index in [0.29, 0.717) is 33.0 Å².